The molecule has 4 nitrogen and oxygen atoms in total. The summed E-state index contributed by atoms with van der Waals surface area (Å²) in [6.07, 6.45) is 3.23. The van der Waals surface area contributed by atoms with Gasteiger partial charge >= 0.3 is 0 Å². The summed E-state index contributed by atoms with van der Waals surface area (Å²) >= 11 is 0. The number of aromatic nitrogens is 2. The molecule has 0 amide bonds. The minimum absolute atomic E-state index is 0.279. The summed E-state index contributed by atoms with van der Waals surface area (Å²) in [5.41, 5.74) is 5.91. The number of aryl methyl sites for hydroxylation is 1. The maximum Gasteiger partial charge on any atom is 0.120 e. The second-order valence-corrected chi connectivity index (χ2v) is 7.19. The number of H-pyrrole nitrogens is 1. The van der Waals surface area contributed by atoms with Gasteiger partial charge in [-0.15, -0.1) is 0 Å². The quantitative estimate of drug-likeness (QED) is 0.743. The van der Waals surface area contributed by atoms with Crippen molar-refractivity contribution >= 4 is 10.9 Å². The SMILES string of the molecule is Cc1cc(-c2[nH]c3ccc(OC4CCNC4)cc3c2C(C)C)ccn1. The molecule has 0 aliphatic carbocycles. The summed E-state index contributed by atoms with van der Waals surface area (Å²) in [4.78, 5) is 7.94. The molecule has 4 heteroatoms. The lowest BCUT2D eigenvalue weighted by molar-refractivity contribution is 0.223. The zero-order chi connectivity index (χ0) is 17.4. The number of aromatic amines is 1. The second-order valence-electron chi connectivity index (χ2n) is 7.19. The number of hydrogen-bond donors (Lipinski definition) is 2. The molecule has 4 rings (SSSR count). The molecule has 130 valence electrons. The summed E-state index contributed by atoms with van der Waals surface area (Å²) < 4.78 is 6.17. The Morgan fingerprint density at radius 3 is 2.80 bits per heavy atom. The Bertz CT molecular complexity index is 891. The first-order chi connectivity index (χ1) is 12.1. The fourth-order valence-corrected chi connectivity index (χ4v) is 3.71. The standard InChI is InChI=1S/C21H25N3O/c1-13(2)20-18-11-16(25-17-7-8-22-12-17)4-5-19(18)24-21(20)15-6-9-23-14(3)10-15/h4-6,9-11,13,17,22,24H,7-8,12H2,1-3H3. The number of ether oxygens (including phenoxy) is 1. The fourth-order valence-electron chi connectivity index (χ4n) is 3.71. The average Bonchev–Trinajstić information content (AvgIpc) is 3.21. The molecule has 1 fully saturated rings. The van der Waals surface area contributed by atoms with Crippen molar-refractivity contribution in [2.75, 3.05) is 13.1 Å². The van der Waals surface area contributed by atoms with Gasteiger partial charge in [0.1, 0.15) is 11.9 Å². The van der Waals surface area contributed by atoms with Gasteiger partial charge in [-0.2, -0.15) is 0 Å². The Hall–Kier alpha value is -2.33. The summed E-state index contributed by atoms with van der Waals surface area (Å²) in [6.45, 7) is 8.50. The van der Waals surface area contributed by atoms with Gasteiger partial charge in [0.25, 0.3) is 0 Å². The molecule has 1 aromatic carbocycles. The molecular weight excluding hydrogens is 310 g/mol. The number of fused-ring (bicyclic) bond motifs is 1. The lowest BCUT2D eigenvalue weighted by Gasteiger charge is -2.13. The van der Waals surface area contributed by atoms with Gasteiger partial charge in [-0.3, -0.25) is 4.98 Å². The molecule has 0 bridgehead atoms. The molecule has 3 heterocycles. The van der Waals surface area contributed by atoms with Crippen molar-refractivity contribution < 1.29 is 4.74 Å². The highest BCUT2D eigenvalue weighted by Crippen LogP contribution is 2.37. The van der Waals surface area contributed by atoms with Crippen LogP contribution in [0.1, 0.15) is 37.4 Å². The summed E-state index contributed by atoms with van der Waals surface area (Å²) in [5.74, 6) is 1.38. The predicted octanol–water partition coefficient (Wildman–Crippen LogP) is 4.40. The Morgan fingerprint density at radius 1 is 1.20 bits per heavy atom. The largest absolute Gasteiger partial charge is 0.489 e. The summed E-state index contributed by atoms with van der Waals surface area (Å²) in [7, 11) is 0. The van der Waals surface area contributed by atoms with Crippen molar-refractivity contribution in [2.45, 2.75) is 39.2 Å². The smallest absolute Gasteiger partial charge is 0.120 e. The Balaban J connectivity index is 1.80. The van der Waals surface area contributed by atoms with Gasteiger partial charge in [0.05, 0.1) is 5.69 Å². The van der Waals surface area contributed by atoms with Crippen LogP contribution in [0.15, 0.2) is 36.5 Å². The third-order valence-corrected chi connectivity index (χ3v) is 4.89. The fraction of sp³-hybridized carbons (Fsp3) is 0.381. The molecule has 1 aliphatic rings. The predicted molar refractivity (Wildman–Crippen MR) is 102 cm³/mol. The first kappa shape index (κ1) is 16.2. The van der Waals surface area contributed by atoms with Crippen molar-refractivity contribution in [2.24, 2.45) is 0 Å². The second kappa shape index (κ2) is 6.52. The van der Waals surface area contributed by atoms with Gasteiger partial charge in [0, 0.05) is 34.9 Å². The van der Waals surface area contributed by atoms with Crippen LogP contribution in [0.25, 0.3) is 22.2 Å². The van der Waals surface area contributed by atoms with Crippen molar-refractivity contribution in [3.8, 4) is 17.0 Å². The van der Waals surface area contributed by atoms with Crippen molar-refractivity contribution in [1.82, 2.24) is 15.3 Å². The van der Waals surface area contributed by atoms with Crippen LogP contribution in [0.2, 0.25) is 0 Å². The van der Waals surface area contributed by atoms with Crippen molar-refractivity contribution in [3.63, 3.8) is 0 Å². The van der Waals surface area contributed by atoms with Gasteiger partial charge in [-0.1, -0.05) is 13.8 Å². The van der Waals surface area contributed by atoms with E-state index in [1.54, 1.807) is 0 Å². The minimum Gasteiger partial charge on any atom is -0.489 e. The van der Waals surface area contributed by atoms with Crippen molar-refractivity contribution in [3.05, 3.63) is 47.8 Å². The van der Waals surface area contributed by atoms with Gasteiger partial charge in [0.15, 0.2) is 0 Å². The Kier molecular flexibility index (Phi) is 4.22. The lowest BCUT2D eigenvalue weighted by Crippen LogP contribution is -2.19. The van der Waals surface area contributed by atoms with E-state index < -0.39 is 0 Å². The molecule has 0 radical (unpaired) electrons. The number of pyridine rings is 1. The Labute approximate surface area is 148 Å². The number of nitrogens with zero attached hydrogens (tertiary/aromatic N) is 1. The number of benzene rings is 1. The average molecular weight is 335 g/mol. The summed E-state index contributed by atoms with van der Waals surface area (Å²) in [5, 5.41) is 4.61. The highest BCUT2D eigenvalue weighted by atomic mass is 16.5. The number of hydrogen-bond acceptors (Lipinski definition) is 3. The Morgan fingerprint density at radius 2 is 2.08 bits per heavy atom. The van der Waals surface area contributed by atoms with Crippen LogP contribution in [-0.2, 0) is 0 Å². The van der Waals surface area contributed by atoms with Crippen LogP contribution >= 0.6 is 0 Å². The van der Waals surface area contributed by atoms with E-state index in [2.05, 4.69) is 59.5 Å². The molecule has 0 saturated carbocycles. The molecule has 1 unspecified atom stereocenters. The molecular formula is C21H25N3O. The maximum atomic E-state index is 6.17. The lowest BCUT2D eigenvalue weighted by atomic mass is 9.96. The van der Waals surface area contributed by atoms with E-state index >= 15 is 0 Å². The topological polar surface area (TPSA) is 49.9 Å². The molecule has 3 aromatic rings. The van der Waals surface area contributed by atoms with Crippen LogP contribution < -0.4 is 10.1 Å². The minimum atomic E-state index is 0.279. The van der Waals surface area contributed by atoms with Crippen LogP contribution in [0.4, 0.5) is 0 Å². The molecule has 0 spiro atoms. The zero-order valence-electron chi connectivity index (χ0n) is 15.1. The van der Waals surface area contributed by atoms with E-state index in [0.717, 1.165) is 36.5 Å². The van der Waals surface area contributed by atoms with E-state index in [0.29, 0.717) is 5.92 Å². The third kappa shape index (κ3) is 3.14. The van der Waals surface area contributed by atoms with Crippen LogP contribution in [-0.4, -0.2) is 29.2 Å². The maximum absolute atomic E-state index is 6.17. The van der Waals surface area contributed by atoms with Gasteiger partial charge < -0.3 is 15.0 Å². The number of rotatable bonds is 4. The van der Waals surface area contributed by atoms with E-state index in [1.165, 1.54) is 22.2 Å². The van der Waals surface area contributed by atoms with Gasteiger partial charge in [0.2, 0.25) is 0 Å². The van der Waals surface area contributed by atoms with Crippen molar-refractivity contribution in [1.29, 1.82) is 0 Å². The molecule has 1 atom stereocenters. The van der Waals surface area contributed by atoms with E-state index in [1.807, 2.05) is 13.1 Å². The van der Waals surface area contributed by atoms with Crippen LogP contribution in [0, 0.1) is 6.92 Å². The zero-order valence-corrected chi connectivity index (χ0v) is 15.1. The van der Waals surface area contributed by atoms with E-state index in [9.17, 15) is 0 Å². The van der Waals surface area contributed by atoms with E-state index in [-0.39, 0.29) is 6.10 Å². The van der Waals surface area contributed by atoms with Gasteiger partial charge in [-0.25, -0.2) is 0 Å². The molecule has 25 heavy (non-hydrogen) atoms. The van der Waals surface area contributed by atoms with Crippen LogP contribution in [0.3, 0.4) is 0 Å². The highest BCUT2D eigenvalue weighted by Gasteiger charge is 2.19. The highest BCUT2D eigenvalue weighted by molar-refractivity contribution is 5.92. The van der Waals surface area contributed by atoms with E-state index in [4.69, 9.17) is 4.74 Å². The molecule has 2 aromatic heterocycles. The molecule has 1 saturated heterocycles. The van der Waals surface area contributed by atoms with Crippen LogP contribution in [0.5, 0.6) is 5.75 Å². The first-order valence-electron chi connectivity index (χ1n) is 9.08. The summed E-state index contributed by atoms with van der Waals surface area (Å²) in [6, 6.07) is 10.6. The first-order valence-corrected chi connectivity index (χ1v) is 9.08. The normalized spacial score (nSPS) is 17.5. The molecule has 1 aliphatic heterocycles. The third-order valence-electron chi connectivity index (χ3n) is 4.89. The molecule has 2 N–H and O–H groups in total. The number of nitrogens with one attached hydrogen (secondary N) is 2. The van der Waals surface area contributed by atoms with Gasteiger partial charge in [-0.05, 0) is 61.7 Å². The monoisotopic (exact) mass is 335 g/mol.